The Morgan fingerprint density at radius 1 is 1.47 bits per heavy atom. The van der Waals surface area contributed by atoms with Crippen LogP contribution in [0.4, 0.5) is 10.1 Å². The molecule has 0 bridgehead atoms. The number of fused-ring (bicyclic) bond motifs is 1. The van der Waals surface area contributed by atoms with E-state index in [0.29, 0.717) is 12.2 Å². The second kappa shape index (κ2) is 3.98. The fourth-order valence-electron chi connectivity index (χ4n) is 1.81. The molecule has 3 N–H and O–H groups in total. The molecule has 0 atom stereocenters. The first kappa shape index (κ1) is 10.1. The van der Waals surface area contributed by atoms with E-state index in [1.165, 1.54) is 6.07 Å². The van der Waals surface area contributed by atoms with Crippen molar-refractivity contribution in [3.05, 3.63) is 29.1 Å². The van der Waals surface area contributed by atoms with Crippen LogP contribution >= 0.6 is 0 Å². The number of halogens is 1. The van der Waals surface area contributed by atoms with Gasteiger partial charge in [-0.1, -0.05) is 6.07 Å². The molecule has 4 heteroatoms. The Hall–Kier alpha value is -1.42. The van der Waals surface area contributed by atoms with E-state index in [1.807, 2.05) is 6.07 Å². The van der Waals surface area contributed by atoms with E-state index in [4.69, 9.17) is 5.73 Å². The molecule has 0 aliphatic carbocycles. The van der Waals surface area contributed by atoms with Crippen molar-refractivity contribution in [1.29, 1.82) is 0 Å². The van der Waals surface area contributed by atoms with E-state index in [-0.39, 0.29) is 18.1 Å². The number of carbonyl (C=O) groups excluding carboxylic acids is 1. The van der Waals surface area contributed by atoms with Crippen LogP contribution in [0.3, 0.4) is 0 Å². The number of anilines is 1. The van der Waals surface area contributed by atoms with Crippen molar-refractivity contribution in [2.75, 3.05) is 11.9 Å². The van der Waals surface area contributed by atoms with Crippen molar-refractivity contribution in [1.82, 2.24) is 0 Å². The molecule has 1 aliphatic heterocycles. The lowest BCUT2D eigenvalue weighted by Crippen LogP contribution is -2.04. The van der Waals surface area contributed by atoms with Crippen LogP contribution in [0.15, 0.2) is 12.1 Å². The molecule has 15 heavy (non-hydrogen) atoms. The van der Waals surface area contributed by atoms with Crippen molar-refractivity contribution in [3.8, 4) is 0 Å². The molecular formula is C11H13FN2O. The summed E-state index contributed by atoms with van der Waals surface area (Å²) in [4.78, 5) is 11.1. The lowest BCUT2D eigenvalue weighted by molar-refractivity contribution is -0.115. The molecule has 0 aromatic heterocycles. The first-order chi connectivity index (χ1) is 7.20. The molecule has 1 heterocycles. The highest BCUT2D eigenvalue weighted by molar-refractivity contribution is 5.99. The summed E-state index contributed by atoms with van der Waals surface area (Å²) in [5.41, 5.74) is 7.40. The van der Waals surface area contributed by atoms with Crippen LogP contribution in [0.1, 0.15) is 17.5 Å². The second-order valence-electron chi connectivity index (χ2n) is 3.73. The first-order valence-electron chi connectivity index (χ1n) is 5.02. The van der Waals surface area contributed by atoms with Gasteiger partial charge in [0, 0.05) is 0 Å². The van der Waals surface area contributed by atoms with Gasteiger partial charge in [0.25, 0.3) is 0 Å². The predicted molar refractivity (Wildman–Crippen MR) is 56.1 cm³/mol. The van der Waals surface area contributed by atoms with Gasteiger partial charge in [0.2, 0.25) is 5.91 Å². The summed E-state index contributed by atoms with van der Waals surface area (Å²) < 4.78 is 13.5. The lowest BCUT2D eigenvalue weighted by Gasteiger charge is -2.05. The minimum Gasteiger partial charge on any atom is -0.330 e. The number of rotatable bonds is 3. The minimum atomic E-state index is -0.342. The Morgan fingerprint density at radius 2 is 2.27 bits per heavy atom. The molecule has 80 valence electrons. The number of benzene rings is 1. The largest absolute Gasteiger partial charge is 0.330 e. The molecule has 0 radical (unpaired) electrons. The van der Waals surface area contributed by atoms with Crippen LogP contribution in [0.5, 0.6) is 0 Å². The zero-order valence-corrected chi connectivity index (χ0v) is 8.35. The summed E-state index contributed by atoms with van der Waals surface area (Å²) in [6.45, 7) is 0.593. The third-order valence-electron chi connectivity index (χ3n) is 2.52. The maximum atomic E-state index is 13.5. The average molecular weight is 208 g/mol. The molecule has 1 aromatic rings. The van der Waals surface area contributed by atoms with Gasteiger partial charge in [-0.3, -0.25) is 4.79 Å². The molecule has 0 saturated carbocycles. The fourth-order valence-corrected chi connectivity index (χ4v) is 1.81. The third-order valence-corrected chi connectivity index (χ3v) is 2.52. The van der Waals surface area contributed by atoms with Crippen molar-refractivity contribution >= 4 is 11.6 Å². The van der Waals surface area contributed by atoms with Gasteiger partial charge in [-0.25, -0.2) is 4.39 Å². The SMILES string of the molecule is NCCCc1cc(F)c2c(c1)CC(=O)N2. The molecule has 1 aromatic carbocycles. The normalized spacial score (nSPS) is 13.9. The van der Waals surface area contributed by atoms with Crippen LogP contribution < -0.4 is 11.1 Å². The monoisotopic (exact) mass is 208 g/mol. The Bertz CT molecular complexity index is 404. The van der Waals surface area contributed by atoms with Crippen LogP contribution in [0, 0.1) is 5.82 Å². The van der Waals surface area contributed by atoms with Crippen LogP contribution in [-0.4, -0.2) is 12.5 Å². The molecule has 2 rings (SSSR count). The van der Waals surface area contributed by atoms with Gasteiger partial charge in [0.05, 0.1) is 12.1 Å². The average Bonchev–Trinajstić information content (AvgIpc) is 2.56. The molecule has 1 aliphatic rings. The van der Waals surface area contributed by atoms with Gasteiger partial charge in [0.15, 0.2) is 0 Å². The predicted octanol–water partition coefficient (Wildman–Crippen LogP) is 1.21. The maximum Gasteiger partial charge on any atom is 0.228 e. The van der Waals surface area contributed by atoms with Gasteiger partial charge in [0.1, 0.15) is 5.82 Å². The summed E-state index contributed by atoms with van der Waals surface area (Å²) in [7, 11) is 0. The van der Waals surface area contributed by atoms with Crippen molar-refractivity contribution < 1.29 is 9.18 Å². The number of amides is 1. The van der Waals surface area contributed by atoms with Crippen molar-refractivity contribution in [2.45, 2.75) is 19.3 Å². The zero-order valence-electron chi connectivity index (χ0n) is 8.35. The number of hydrogen-bond donors (Lipinski definition) is 2. The van der Waals surface area contributed by atoms with E-state index in [1.54, 1.807) is 0 Å². The van der Waals surface area contributed by atoms with Gasteiger partial charge in [-0.15, -0.1) is 0 Å². The standard InChI is InChI=1S/C11H13FN2O/c12-9-5-7(2-1-3-13)4-8-6-10(15)14-11(8)9/h4-5H,1-3,6,13H2,(H,14,15). The van der Waals surface area contributed by atoms with Crippen LogP contribution in [0.25, 0.3) is 0 Å². The van der Waals surface area contributed by atoms with Gasteiger partial charge < -0.3 is 11.1 Å². The highest BCUT2D eigenvalue weighted by atomic mass is 19.1. The van der Waals surface area contributed by atoms with E-state index in [9.17, 15) is 9.18 Å². The number of carbonyl (C=O) groups is 1. The number of nitrogens with one attached hydrogen (secondary N) is 1. The molecule has 0 fully saturated rings. The summed E-state index contributed by atoms with van der Waals surface area (Å²) >= 11 is 0. The number of nitrogens with two attached hydrogens (primary N) is 1. The van der Waals surface area contributed by atoms with Gasteiger partial charge in [-0.05, 0) is 36.6 Å². The summed E-state index contributed by atoms with van der Waals surface area (Å²) in [5.74, 6) is -0.481. The summed E-state index contributed by atoms with van der Waals surface area (Å²) in [5, 5.41) is 2.51. The number of aryl methyl sites for hydroxylation is 1. The lowest BCUT2D eigenvalue weighted by atomic mass is 10.0. The summed E-state index contributed by atoms with van der Waals surface area (Å²) in [6, 6.07) is 3.35. The Morgan fingerprint density at radius 3 is 3.00 bits per heavy atom. The molecular weight excluding hydrogens is 195 g/mol. The Kier molecular flexibility index (Phi) is 2.68. The Balaban J connectivity index is 2.27. The minimum absolute atomic E-state index is 0.139. The van der Waals surface area contributed by atoms with E-state index >= 15 is 0 Å². The fraction of sp³-hybridized carbons (Fsp3) is 0.364. The molecule has 0 spiro atoms. The maximum absolute atomic E-state index is 13.5. The smallest absolute Gasteiger partial charge is 0.228 e. The van der Waals surface area contributed by atoms with Crippen molar-refractivity contribution in [2.24, 2.45) is 5.73 Å². The van der Waals surface area contributed by atoms with Gasteiger partial charge in [-0.2, -0.15) is 0 Å². The van der Waals surface area contributed by atoms with E-state index < -0.39 is 0 Å². The molecule has 0 saturated heterocycles. The molecule has 3 nitrogen and oxygen atoms in total. The first-order valence-corrected chi connectivity index (χ1v) is 5.02. The van der Waals surface area contributed by atoms with E-state index in [2.05, 4.69) is 5.32 Å². The van der Waals surface area contributed by atoms with E-state index in [0.717, 1.165) is 24.0 Å². The molecule has 1 amide bonds. The third kappa shape index (κ3) is 1.99. The highest BCUT2D eigenvalue weighted by Gasteiger charge is 2.21. The summed E-state index contributed by atoms with van der Waals surface area (Å²) in [6.07, 6.45) is 1.87. The van der Waals surface area contributed by atoms with Gasteiger partial charge >= 0.3 is 0 Å². The Labute approximate surface area is 87.5 Å². The topological polar surface area (TPSA) is 55.1 Å². The quantitative estimate of drug-likeness (QED) is 0.784. The van der Waals surface area contributed by atoms with Crippen molar-refractivity contribution in [3.63, 3.8) is 0 Å². The molecule has 0 unspecified atom stereocenters. The number of hydrogen-bond acceptors (Lipinski definition) is 2. The zero-order chi connectivity index (χ0) is 10.8. The second-order valence-corrected chi connectivity index (χ2v) is 3.73. The van der Waals surface area contributed by atoms with Crippen LogP contribution in [-0.2, 0) is 17.6 Å². The highest BCUT2D eigenvalue weighted by Crippen LogP contribution is 2.27. The van der Waals surface area contributed by atoms with Crippen LogP contribution in [0.2, 0.25) is 0 Å².